The minimum Gasteiger partial charge on any atom is -0.492 e. The van der Waals surface area contributed by atoms with E-state index in [1.165, 1.54) is 12.1 Å². The second-order valence-corrected chi connectivity index (χ2v) is 5.11. The molecule has 1 aliphatic rings. The third kappa shape index (κ3) is 5.52. The molecule has 21 heavy (non-hydrogen) atoms. The lowest BCUT2D eigenvalue weighted by Crippen LogP contribution is -2.42. The van der Waals surface area contributed by atoms with Crippen LogP contribution in [0.2, 0.25) is 0 Å². The second kappa shape index (κ2) is 8.85. The van der Waals surface area contributed by atoms with Gasteiger partial charge in [-0.05, 0) is 43.7 Å². The molecule has 1 atom stereocenters. The van der Waals surface area contributed by atoms with E-state index in [1.807, 2.05) is 0 Å². The number of halogens is 2. The van der Waals surface area contributed by atoms with Gasteiger partial charge in [-0.25, -0.2) is 4.39 Å². The molecule has 1 heterocycles. The van der Waals surface area contributed by atoms with Gasteiger partial charge in [0.15, 0.2) is 0 Å². The Morgan fingerprint density at radius 3 is 2.76 bits per heavy atom. The molecule has 0 unspecified atom stereocenters. The predicted molar refractivity (Wildman–Crippen MR) is 82.4 cm³/mol. The summed E-state index contributed by atoms with van der Waals surface area (Å²) in [6.45, 7) is 2.71. The standard InChI is InChI=1S/C15H21FN2O2.ClH/c1-18(15(19)12-3-2-8-17-11-12)9-10-20-14-6-4-13(16)5-7-14;/h4-7,12,17H,2-3,8-11H2,1H3;1H/t12-;/m1./s1. The molecule has 0 aliphatic carbocycles. The molecule has 1 fully saturated rings. The molecule has 1 saturated heterocycles. The van der Waals surface area contributed by atoms with E-state index >= 15 is 0 Å². The Bertz CT molecular complexity index is 436. The Morgan fingerprint density at radius 2 is 2.14 bits per heavy atom. The average Bonchev–Trinajstić information content (AvgIpc) is 2.49. The van der Waals surface area contributed by atoms with Crippen LogP contribution in [-0.2, 0) is 4.79 Å². The lowest BCUT2D eigenvalue weighted by molar-refractivity contribution is -0.135. The Hall–Kier alpha value is -1.33. The fourth-order valence-electron chi connectivity index (χ4n) is 2.32. The molecule has 1 N–H and O–H groups in total. The van der Waals surface area contributed by atoms with E-state index in [0.717, 1.165) is 25.9 Å². The van der Waals surface area contributed by atoms with E-state index < -0.39 is 0 Å². The van der Waals surface area contributed by atoms with E-state index in [0.29, 0.717) is 18.9 Å². The number of carbonyl (C=O) groups is 1. The fraction of sp³-hybridized carbons (Fsp3) is 0.533. The fourth-order valence-corrected chi connectivity index (χ4v) is 2.32. The van der Waals surface area contributed by atoms with Gasteiger partial charge in [0, 0.05) is 13.6 Å². The van der Waals surface area contributed by atoms with Gasteiger partial charge in [0.1, 0.15) is 18.2 Å². The number of hydrogen-bond acceptors (Lipinski definition) is 3. The number of rotatable bonds is 5. The van der Waals surface area contributed by atoms with Crippen molar-refractivity contribution < 1.29 is 13.9 Å². The first-order valence-corrected chi connectivity index (χ1v) is 7.01. The number of piperidine rings is 1. The van der Waals surface area contributed by atoms with Crippen molar-refractivity contribution in [2.75, 3.05) is 33.3 Å². The minimum absolute atomic E-state index is 0. The maximum Gasteiger partial charge on any atom is 0.226 e. The van der Waals surface area contributed by atoms with Crippen LogP contribution in [0, 0.1) is 11.7 Å². The lowest BCUT2D eigenvalue weighted by Gasteiger charge is -2.27. The number of ether oxygens (including phenoxy) is 1. The van der Waals surface area contributed by atoms with E-state index in [4.69, 9.17) is 4.74 Å². The summed E-state index contributed by atoms with van der Waals surface area (Å²) in [5.41, 5.74) is 0. The van der Waals surface area contributed by atoms with E-state index in [1.54, 1.807) is 24.1 Å². The highest BCUT2D eigenvalue weighted by Crippen LogP contribution is 2.13. The molecular weight excluding hydrogens is 295 g/mol. The summed E-state index contributed by atoms with van der Waals surface area (Å²) in [6.07, 6.45) is 2.01. The molecule has 0 radical (unpaired) electrons. The molecule has 0 aromatic heterocycles. The van der Waals surface area contributed by atoms with Crippen LogP contribution < -0.4 is 10.1 Å². The Balaban J connectivity index is 0.00000220. The van der Waals surface area contributed by atoms with Gasteiger partial charge in [-0.15, -0.1) is 12.4 Å². The molecular formula is C15H22ClFN2O2. The van der Waals surface area contributed by atoms with Gasteiger partial charge in [0.05, 0.1) is 12.5 Å². The smallest absolute Gasteiger partial charge is 0.226 e. The molecule has 0 spiro atoms. The third-order valence-electron chi connectivity index (χ3n) is 3.53. The SMILES string of the molecule is CN(CCOc1ccc(F)cc1)C(=O)[C@@H]1CCCNC1.Cl. The highest BCUT2D eigenvalue weighted by molar-refractivity contribution is 5.85. The second-order valence-electron chi connectivity index (χ2n) is 5.11. The third-order valence-corrected chi connectivity index (χ3v) is 3.53. The summed E-state index contributed by atoms with van der Waals surface area (Å²) in [4.78, 5) is 13.9. The molecule has 2 rings (SSSR count). The van der Waals surface area contributed by atoms with Gasteiger partial charge in [-0.2, -0.15) is 0 Å². The summed E-state index contributed by atoms with van der Waals surface area (Å²) < 4.78 is 18.2. The molecule has 4 nitrogen and oxygen atoms in total. The van der Waals surface area contributed by atoms with Gasteiger partial charge in [-0.3, -0.25) is 4.79 Å². The normalized spacial score (nSPS) is 17.7. The van der Waals surface area contributed by atoms with Crippen molar-refractivity contribution in [2.24, 2.45) is 5.92 Å². The number of benzene rings is 1. The van der Waals surface area contributed by atoms with Crippen LogP contribution in [0.25, 0.3) is 0 Å². The summed E-state index contributed by atoms with van der Waals surface area (Å²) >= 11 is 0. The van der Waals surface area contributed by atoms with Crippen molar-refractivity contribution in [3.05, 3.63) is 30.1 Å². The van der Waals surface area contributed by atoms with Crippen molar-refractivity contribution in [3.63, 3.8) is 0 Å². The largest absolute Gasteiger partial charge is 0.492 e. The van der Waals surface area contributed by atoms with Gasteiger partial charge < -0.3 is 15.0 Å². The van der Waals surface area contributed by atoms with Crippen LogP contribution in [0.1, 0.15) is 12.8 Å². The number of hydrogen-bond donors (Lipinski definition) is 1. The van der Waals surface area contributed by atoms with Crippen molar-refractivity contribution in [1.82, 2.24) is 10.2 Å². The molecule has 1 aromatic carbocycles. The zero-order valence-corrected chi connectivity index (χ0v) is 13.0. The average molecular weight is 317 g/mol. The number of likely N-dealkylation sites (N-methyl/N-ethyl adjacent to an activating group) is 1. The van der Waals surface area contributed by atoms with Crippen LogP contribution in [-0.4, -0.2) is 44.1 Å². The molecule has 1 aliphatic heterocycles. The van der Waals surface area contributed by atoms with Crippen LogP contribution in [0.5, 0.6) is 5.75 Å². The Labute approximate surface area is 131 Å². The first-order chi connectivity index (χ1) is 9.66. The topological polar surface area (TPSA) is 41.6 Å². The summed E-state index contributed by atoms with van der Waals surface area (Å²) in [7, 11) is 1.80. The van der Waals surface area contributed by atoms with Crippen molar-refractivity contribution in [1.29, 1.82) is 0 Å². The van der Waals surface area contributed by atoms with Crippen LogP contribution in [0.4, 0.5) is 4.39 Å². The molecule has 1 aromatic rings. The minimum atomic E-state index is -0.283. The van der Waals surface area contributed by atoms with Gasteiger partial charge >= 0.3 is 0 Å². The molecule has 6 heteroatoms. The highest BCUT2D eigenvalue weighted by Gasteiger charge is 2.23. The van der Waals surface area contributed by atoms with Gasteiger partial charge in [-0.1, -0.05) is 0 Å². The van der Waals surface area contributed by atoms with Crippen LogP contribution in [0.3, 0.4) is 0 Å². The van der Waals surface area contributed by atoms with E-state index in [2.05, 4.69) is 5.32 Å². The lowest BCUT2D eigenvalue weighted by atomic mass is 9.98. The maximum absolute atomic E-state index is 12.7. The zero-order chi connectivity index (χ0) is 14.4. The van der Waals surface area contributed by atoms with Gasteiger partial charge in [0.2, 0.25) is 5.91 Å². The molecule has 0 bridgehead atoms. The first-order valence-electron chi connectivity index (χ1n) is 7.01. The van der Waals surface area contributed by atoms with Crippen molar-refractivity contribution in [2.45, 2.75) is 12.8 Å². The Morgan fingerprint density at radius 1 is 1.43 bits per heavy atom. The highest BCUT2D eigenvalue weighted by atomic mass is 35.5. The number of nitrogens with zero attached hydrogens (tertiary/aromatic N) is 1. The van der Waals surface area contributed by atoms with Crippen molar-refractivity contribution in [3.8, 4) is 5.75 Å². The number of carbonyl (C=O) groups excluding carboxylic acids is 1. The summed E-state index contributed by atoms with van der Waals surface area (Å²) in [5, 5.41) is 3.24. The quantitative estimate of drug-likeness (QED) is 0.904. The zero-order valence-electron chi connectivity index (χ0n) is 12.2. The Kier molecular flexibility index (Phi) is 7.47. The van der Waals surface area contributed by atoms with E-state index in [9.17, 15) is 9.18 Å². The molecule has 118 valence electrons. The van der Waals surface area contributed by atoms with Crippen LogP contribution in [0.15, 0.2) is 24.3 Å². The molecule has 0 saturated carbocycles. The van der Waals surface area contributed by atoms with Gasteiger partial charge in [0.25, 0.3) is 0 Å². The summed E-state index contributed by atoms with van der Waals surface area (Å²) in [5.74, 6) is 0.584. The van der Waals surface area contributed by atoms with Crippen molar-refractivity contribution >= 4 is 18.3 Å². The first kappa shape index (κ1) is 17.7. The molecule has 1 amide bonds. The number of nitrogens with one attached hydrogen (secondary N) is 1. The predicted octanol–water partition coefficient (Wildman–Crippen LogP) is 2.08. The monoisotopic (exact) mass is 316 g/mol. The maximum atomic E-state index is 12.7. The van der Waals surface area contributed by atoms with E-state index in [-0.39, 0.29) is 30.0 Å². The summed E-state index contributed by atoms with van der Waals surface area (Å²) in [6, 6.07) is 5.89. The van der Waals surface area contributed by atoms with Crippen LogP contribution >= 0.6 is 12.4 Å². The number of amides is 1.